The molecule has 1 saturated carbocycles. The third kappa shape index (κ3) is 5.04. The Bertz CT molecular complexity index is 739. The fraction of sp³-hybridized carbons (Fsp3) is 0.650. The minimum Gasteiger partial charge on any atom is -0.494 e. The number of alkyl halides is 2. The van der Waals surface area contributed by atoms with Crippen molar-refractivity contribution >= 4 is 0 Å². The van der Waals surface area contributed by atoms with Crippen LogP contribution >= 0.6 is 0 Å². The molecule has 0 unspecified atom stereocenters. The number of benzene rings is 1. The molecule has 0 spiro atoms. The molecule has 2 fully saturated rings. The summed E-state index contributed by atoms with van der Waals surface area (Å²) in [7, 11) is 0. The van der Waals surface area contributed by atoms with Gasteiger partial charge in [-0.3, -0.25) is 4.90 Å². The molecule has 0 amide bonds. The van der Waals surface area contributed by atoms with E-state index in [1.807, 2.05) is 29.2 Å². The van der Waals surface area contributed by atoms with Gasteiger partial charge < -0.3 is 4.74 Å². The molecule has 1 aliphatic heterocycles. The van der Waals surface area contributed by atoms with E-state index in [1.54, 1.807) is 11.0 Å². The quantitative estimate of drug-likeness (QED) is 0.690. The van der Waals surface area contributed by atoms with Gasteiger partial charge in [0.2, 0.25) is 0 Å². The fourth-order valence-corrected chi connectivity index (χ4v) is 4.41. The summed E-state index contributed by atoms with van der Waals surface area (Å²) >= 11 is 0. The third-order valence-corrected chi connectivity index (χ3v) is 5.92. The van der Waals surface area contributed by atoms with Gasteiger partial charge in [0, 0.05) is 6.92 Å². The summed E-state index contributed by atoms with van der Waals surface area (Å²) in [5, 5.41) is 11.1. The van der Waals surface area contributed by atoms with Gasteiger partial charge in [-0.05, 0) is 91.2 Å². The van der Waals surface area contributed by atoms with Gasteiger partial charge in [-0.1, -0.05) is 0 Å². The molecule has 6 nitrogen and oxygen atoms in total. The zero-order valence-corrected chi connectivity index (χ0v) is 16.2. The topological polar surface area (TPSA) is 56.1 Å². The van der Waals surface area contributed by atoms with Crippen molar-refractivity contribution < 1.29 is 13.5 Å². The average molecular weight is 391 g/mol. The molecule has 28 heavy (non-hydrogen) atoms. The van der Waals surface area contributed by atoms with Crippen LogP contribution in [0.25, 0.3) is 5.69 Å². The predicted molar refractivity (Wildman–Crippen MR) is 101 cm³/mol. The number of tetrazole rings is 1. The number of piperidine rings is 1. The van der Waals surface area contributed by atoms with E-state index in [9.17, 15) is 8.78 Å². The first-order chi connectivity index (χ1) is 13.5. The van der Waals surface area contributed by atoms with Crippen LogP contribution in [-0.4, -0.2) is 57.3 Å². The lowest BCUT2D eigenvalue weighted by Gasteiger charge is -2.33. The molecule has 2 aromatic rings. The Morgan fingerprint density at radius 1 is 1.18 bits per heavy atom. The smallest absolute Gasteiger partial charge is 0.257 e. The van der Waals surface area contributed by atoms with Crippen LogP contribution in [0.1, 0.15) is 32.6 Å². The van der Waals surface area contributed by atoms with Crippen LogP contribution < -0.4 is 4.74 Å². The molecule has 152 valence electrons. The molecule has 1 saturated heterocycles. The molecule has 4 rings (SSSR count). The summed E-state index contributed by atoms with van der Waals surface area (Å²) < 4.78 is 33.8. The molecular formula is C20H27F2N5O. The van der Waals surface area contributed by atoms with Gasteiger partial charge >= 0.3 is 0 Å². The molecule has 2 atom stereocenters. The zero-order chi connectivity index (χ0) is 19.6. The van der Waals surface area contributed by atoms with Gasteiger partial charge in [-0.25, -0.2) is 13.5 Å². The predicted octanol–water partition coefficient (Wildman–Crippen LogP) is 3.43. The lowest BCUT2D eigenvalue weighted by atomic mass is 9.90. The van der Waals surface area contributed by atoms with Gasteiger partial charge in [0.1, 0.15) is 12.1 Å². The second kappa shape index (κ2) is 8.11. The highest BCUT2D eigenvalue weighted by Gasteiger charge is 2.43. The Balaban J connectivity index is 1.15. The summed E-state index contributed by atoms with van der Waals surface area (Å²) in [6, 6.07) is 7.72. The number of nitrogens with zero attached hydrogens (tertiary/aromatic N) is 5. The van der Waals surface area contributed by atoms with Gasteiger partial charge in [0.15, 0.2) is 0 Å². The van der Waals surface area contributed by atoms with Crippen molar-refractivity contribution in [2.75, 3.05) is 26.2 Å². The summed E-state index contributed by atoms with van der Waals surface area (Å²) in [6.07, 6.45) is 5.98. The normalized spacial score (nSPS) is 23.7. The van der Waals surface area contributed by atoms with Crippen molar-refractivity contribution in [3.63, 3.8) is 0 Å². The van der Waals surface area contributed by atoms with Crippen molar-refractivity contribution in [3.05, 3.63) is 30.6 Å². The molecule has 2 heterocycles. The number of ether oxygens (including phenoxy) is 1. The van der Waals surface area contributed by atoms with Crippen LogP contribution in [0.4, 0.5) is 8.78 Å². The first-order valence-corrected chi connectivity index (χ1v) is 10.0. The van der Waals surface area contributed by atoms with Crippen molar-refractivity contribution in [2.45, 2.75) is 38.5 Å². The van der Waals surface area contributed by atoms with E-state index in [4.69, 9.17) is 4.74 Å². The van der Waals surface area contributed by atoms with Gasteiger partial charge in [0.25, 0.3) is 5.92 Å². The summed E-state index contributed by atoms with van der Waals surface area (Å²) in [4.78, 5) is 1.91. The lowest BCUT2D eigenvalue weighted by Crippen LogP contribution is -2.41. The maximum absolute atomic E-state index is 13.1. The van der Waals surface area contributed by atoms with Crippen molar-refractivity contribution in [2.24, 2.45) is 17.8 Å². The maximum Gasteiger partial charge on any atom is 0.257 e. The van der Waals surface area contributed by atoms with E-state index >= 15 is 0 Å². The summed E-state index contributed by atoms with van der Waals surface area (Å²) in [5.41, 5.74) is 0.895. The SMILES string of the molecule is CC(F)(F)CN1CCC([C@H]2C[C@H]2CCOc2ccc(-n3cnnn3)cc2)CC1. The van der Waals surface area contributed by atoms with Crippen LogP contribution in [0.2, 0.25) is 0 Å². The second-order valence-electron chi connectivity index (χ2n) is 8.23. The molecule has 1 aromatic carbocycles. The Labute approximate surface area is 163 Å². The fourth-order valence-electron chi connectivity index (χ4n) is 4.41. The molecule has 2 aliphatic rings. The number of aromatic nitrogens is 4. The van der Waals surface area contributed by atoms with E-state index in [0.29, 0.717) is 12.5 Å². The zero-order valence-electron chi connectivity index (χ0n) is 16.2. The summed E-state index contributed by atoms with van der Waals surface area (Å²) in [6.45, 7) is 3.23. The highest BCUT2D eigenvalue weighted by Crippen LogP contribution is 2.49. The van der Waals surface area contributed by atoms with E-state index in [2.05, 4.69) is 15.5 Å². The van der Waals surface area contributed by atoms with E-state index in [1.165, 1.54) is 6.42 Å². The first-order valence-electron chi connectivity index (χ1n) is 10.0. The van der Waals surface area contributed by atoms with Crippen LogP contribution in [0.5, 0.6) is 5.75 Å². The van der Waals surface area contributed by atoms with Crippen LogP contribution in [-0.2, 0) is 0 Å². The number of rotatable bonds is 8. The standard InChI is InChI=1S/C20H27F2N5O/c1-20(21,22)13-26-9-6-15(7-10-26)19-12-16(19)8-11-28-18-4-2-17(3-5-18)27-14-23-24-25-27/h2-5,14-16,19H,6-13H2,1H3/t16-,19-/m1/s1. The van der Waals surface area contributed by atoms with Gasteiger partial charge in [-0.15, -0.1) is 5.10 Å². The van der Waals surface area contributed by atoms with Crippen LogP contribution in [0.15, 0.2) is 30.6 Å². The maximum atomic E-state index is 13.1. The van der Waals surface area contributed by atoms with Gasteiger partial charge in [0.05, 0.1) is 18.8 Å². The molecule has 1 aliphatic carbocycles. The second-order valence-corrected chi connectivity index (χ2v) is 8.23. The average Bonchev–Trinajstić information content (AvgIpc) is 3.22. The lowest BCUT2D eigenvalue weighted by molar-refractivity contribution is -0.0232. The number of hydrogen-bond donors (Lipinski definition) is 0. The summed E-state index contributed by atoms with van der Waals surface area (Å²) in [5.74, 6) is 0.446. The van der Waals surface area contributed by atoms with Gasteiger partial charge in [-0.2, -0.15) is 0 Å². The first kappa shape index (κ1) is 19.2. The van der Waals surface area contributed by atoms with E-state index < -0.39 is 5.92 Å². The minimum atomic E-state index is -2.59. The Kier molecular flexibility index (Phi) is 5.57. The van der Waals surface area contributed by atoms with Crippen molar-refractivity contribution in [3.8, 4) is 11.4 Å². The Morgan fingerprint density at radius 2 is 1.93 bits per heavy atom. The van der Waals surface area contributed by atoms with Crippen molar-refractivity contribution in [1.29, 1.82) is 0 Å². The monoisotopic (exact) mass is 391 g/mol. The Morgan fingerprint density at radius 3 is 2.57 bits per heavy atom. The largest absolute Gasteiger partial charge is 0.494 e. The van der Waals surface area contributed by atoms with Crippen molar-refractivity contribution in [1.82, 2.24) is 25.1 Å². The van der Waals surface area contributed by atoms with Crippen LogP contribution in [0.3, 0.4) is 0 Å². The number of hydrogen-bond acceptors (Lipinski definition) is 5. The molecule has 8 heteroatoms. The molecule has 0 N–H and O–H groups in total. The van der Waals surface area contributed by atoms with Crippen LogP contribution in [0, 0.1) is 17.8 Å². The number of halogens is 2. The molecular weight excluding hydrogens is 364 g/mol. The molecule has 1 aromatic heterocycles. The third-order valence-electron chi connectivity index (χ3n) is 5.92. The molecule has 0 radical (unpaired) electrons. The number of likely N-dealkylation sites (tertiary alicyclic amines) is 1. The van der Waals surface area contributed by atoms with E-state index in [-0.39, 0.29) is 6.54 Å². The Hall–Kier alpha value is -2.09. The highest BCUT2D eigenvalue weighted by atomic mass is 19.3. The minimum absolute atomic E-state index is 0.103. The van der Waals surface area contributed by atoms with E-state index in [0.717, 1.165) is 62.5 Å². The highest BCUT2D eigenvalue weighted by molar-refractivity contribution is 5.36. The molecule has 0 bridgehead atoms.